The van der Waals surface area contributed by atoms with Crippen molar-refractivity contribution in [1.82, 2.24) is 9.78 Å². The number of carbonyl (C=O) groups excluding carboxylic acids is 1. The molecule has 5 nitrogen and oxygen atoms in total. The molecule has 104 valence electrons. The summed E-state index contributed by atoms with van der Waals surface area (Å²) in [4.78, 5) is 23.1. The zero-order chi connectivity index (χ0) is 13.8. The van der Waals surface area contributed by atoms with Crippen LogP contribution in [0.1, 0.15) is 44.4 Å². The predicted molar refractivity (Wildman–Crippen MR) is 71.3 cm³/mol. The second-order valence-corrected chi connectivity index (χ2v) is 5.13. The van der Waals surface area contributed by atoms with Crippen molar-refractivity contribution in [3.8, 4) is 0 Å². The summed E-state index contributed by atoms with van der Waals surface area (Å²) in [5.74, 6) is 0.0656. The van der Waals surface area contributed by atoms with Crippen LogP contribution in [0.5, 0.6) is 0 Å². The van der Waals surface area contributed by atoms with Crippen LogP contribution in [-0.4, -0.2) is 22.2 Å². The molecule has 0 aliphatic carbocycles. The molecular weight excluding hydrogens is 268 g/mol. The number of hydrogen-bond donors (Lipinski definition) is 0. The van der Waals surface area contributed by atoms with Crippen LogP contribution in [-0.2, 0) is 16.0 Å². The topological polar surface area (TPSA) is 61.2 Å². The van der Waals surface area contributed by atoms with Gasteiger partial charge in [0.15, 0.2) is 6.23 Å². The lowest BCUT2D eigenvalue weighted by Crippen LogP contribution is -2.31. The van der Waals surface area contributed by atoms with Gasteiger partial charge in [-0.05, 0) is 38.2 Å². The molecule has 1 atom stereocenters. The Labute approximate surface area is 116 Å². The molecule has 0 aromatic carbocycles. The van der Waals surface area contributed by atoms with E-state index in [-0.39, 0.29) is 22.6 Å². The van der Waals surface area contributed by atoms with Crippen molar-refractivity contribution >= 4 is 17.4 Å². The first kappa shape index (κ1) is 14.2. The van der Waals surface area contributed by atoms with E-state index in [0.717, 1.165) is 19.3 Å². The lowest BCUT2D eigenvalue weighted by molar-refractivity contribution is -0.116. The van der Waals surface area contributed by atoms with E-state index in [9.17, 15) is 9.59 Å². The zero-order valence-corrected chi connectivity index (χ0v) is 11.7. The fraction of sp³-hybridized carbons (Fsp3) is 0.615. The Balaban J connectivity index is 2.21. The van der Waals surface area contributed by atoms with E-state index in [1.165, 1.54) is 11.6 Å². The third-order valence-corrected chi connectivity index (χ3v) is 3.59. The van der Waals surface area contributed by atoms with Crippen LogP contribution in [0.3, 0.4) is 0 Å². The minimum absolute atomic E-state index is 0.0656. The molecule has 1 aromatic heterocycles. The fourth-order valence-corrected chi connectivity index (χ4v) is 2.32. The molecule has 0 saturated carbocycles. The van der Waals surface area contributed by atoms with E-state index in [1.807, 2.05) is 0 Å². The molecule has 2 heterocycles. The van der Waals surface area contributed by atoms with Gasteiger partial charge in [0.2, 0.25) is 0 Å². The van der Waals surface area contributed by atoms with Crippen molar-refractivity contribution in [3.05, 3.63) is 27.1 Å². The summed E-state index contributed by atoms with van der Waals surface area (Å²) < 4.78 is 6.83. The monoisotopic (exact) mass is 284 g/mol. The summed E-state index contributed by atoms with van der Waals surface area (Å²) in [6.07, 6.45) is 4.85. The fourth-order valence-electron chi connectivity index (χ4n) is 2.09. The molecule has 1 aromatic rings. The molecular formula is C13H17ClN2O3. The van der Waals surface area contributed by atoms with Gasteiger partial charge in [-0.3, -0.25) is 4.79 Å². The van der Waals surface area contributed by atoms with Crippen molar-refractivity contribution in [2.45, 2.75) is 45.3 Å². The van der Waals surface area contributed by atoms with Crippen molar-refractivity contribution in [2.24, 2.45) is 0 Å². The maximum absolute atomic E-state index is 12.1. The predicted octanol–water partition coefficient (Wildman–Crippen LogP) is 2.12. The summed E-state index contributed by atoms with van der Waals surface area (Å²) in [5, 5.41) is 4.27. The van der Waals surface area contributed by atoms with E-state index in [2.05, 4.69) is 5.10 Å². The van der Waals surface area contributed by atoms with Crippen LogP contribution < -0.4 is 5.56 Å². The van der Waals surface area contributed by atoms with E-state index >= 15 is 0 Å². The summed E-state index contributed by atoms with van der Waals surface area (Å²) in [6, 6.07) is 0. The molecule has 0 N–H and O–H groups in total. The van der Waals surface area contributed by atoms with Crippen LogP contribution in [0.2, 0.25) is 5.02 Å². The first-order valence-corrected chi connectivity index (χ1v) is 6.84. The molecule has 1 saturated heterocycles. The van der Waals surface area contributed by atoms with Crippen LogP contribution in [0.4, 0.5) is 0 Å². The Kier molecular flexibility index (Phi) is 4.71. The highest BCUT2D eigenvalue weighted by atomic mass is 35.5. The third kappa shape index (κ3) is 3.42. The number of ketones is 1. The lowest BCUT2D eigenvalue weighted by atomic mass is 10.1. The van der Waals surface area contributed by atoms with Gasteiger partial charge in [0, 0.05) is 13.0 Å². The summed E-state index contributed by atoms with van der Waals surface area (Å²) >= 11 is 6.06. The normalized spacial score (nSPS) is 19.4. The number of aryl methyl sites for hydroxylation is 1. The first-order valence-electron chi connectivity index (χ1n) is 6.47. The number of nitrogens with zero attached hydrogens (tertiary/aromatic N) is 2. The average molecular weight is 285 g/mol. The minimum atomic E-state index is -0.338. The molecule has 1 aliphatic heterocycles. The Hall–Kier alpha value is -1.20. The molecule has 1 aliphatic rings. The van der Waals surface area contributed by atoms with E-state index in [0.29, 0.717) is 25.0 Å². The van der Waals surface area contributed by atoms with Gasteiger partial charge in [-0.1, -0.05) is 11.6 Å². The molecule has 2 rings (SSSR count). The van der Waals surface area contributed by atoms with Crippen LogP contribution in [0, 0.1) is 0 Å². The highest BCUT2D eigenvalue weighted by Crippen LogP contribution is 2.21. The van der Waals surface area contributed by atoms with Gasteiger partial charge < -0.3 is 9.53 Å². The van der Waals surface area contributed by atoms with Crippen LogP contribution in [0.15, 0.2) is 11.0 Å². The summed E-state index contributed by atoms with van der Waals surface area (Å²) in [7, 11) is 0. The number of ether oxygens (including phenoxy) is 1. The van der Waals surface area contributed by atoms with Gasteiger partial charge >= 0.3 is 0 Å². The Bertz CT molecular complexity index is 521. The standard InChI is InChI=1S/C13H17ClN2O3/c1-9(17)5-6-10-8-15-16(13(18)12(10)14)11-4-2-3-7-19-11/h8,11H,2-7H2,1H3. The van der Waals surface area contributed by atoms with Crippen molar-refractivity contribution in [1.29, 1.82) is 0 Å². The van der Waals surface area contributed by atoms with E-state index in [4.69, 9.17) is 16.3 Å². The van der Waals surface area contributed by atoms with Crippen molar-refractivity contribution in [3.63, 3.8) is 0 Å². The minimum Gasteiger partial charge on any atom is -0.356 e. The SMILES string of the molecule is CC(=O)CCc1cnn(C2CCCCO2)c(=O)c1Cl. The molecule has 0 spiro atoms. The maximum Gasteiger partial charge on any atom is 0.288 e. The number of carbonyl (C=O) groups is 1. The molecule has 1 unspecified atom stereocenters. The highest BCUT2D eigenvalue weighted by molar-refractivity contribution is 6.31. The largest absolute Gasteiger partial charge is 0.356 e. The average Bonchev–Trinajstić information content (AvgIpc) is 2.41. The van der Waals surface area contributed by atoms with Gasteiger partial charge in [-0.25, -0.2) is 0 Å². The highest BCUT2D eigenvalue weighted by Gasteiger charge is 2.20. The molecule has 1 fully saturated rings. The quantitative estimate of drug-likeness (QED) is 0.850. The lowest BCUT2D eigenvalue weighted by Gasteiger charge is -2.23. The van der Waals surface area contributed by atoms with Gasteiger partial charge in [-0.15, -0.1) is 0 Å². The maximum atomic E-state index is 12.1. The number of Topliss-reactive ketones (excluding diaryl/α,β-unsaturated/α-hetero) is 1. The van der Waals surface area contributed by atoms with E-state index < -0.39 is 0 Å². The van der Waals surface area contributed by atoms with Crippen molar-refractivity contribution in [2.75, 3.05) is 6.61 Å². The Morgan fingerprint density at radius 2 is 2.37 bits per heavy atom. The second kappa shape index (κ2) is 6.30. The smallest absolute Gasteiger partial charge is 0.288 e. The Morgan fingerprint density at radius 1 is 1.58 bits per heavy atom. The molecule has 0 radical (unpaired) electrons. The Morgan fingerprint density at radius 3 is 3.00 bits per heavy atom. The zero-order valence-electron chi connectivity index (χ0n) is 10.9. The molecule has 19 heavy (non-hydrogen) atoms. The van der Waals surface area contributed by atoms with Crippen LogP contribution in [0.25, 0.3) is 0 Å². The number of hydrogen-bond acceptors (Lipinski definition) is 4. The number of rotatable bonds is 4. The first-order chi connectivity index (χ1) is 9.09. The van der Waals surface area contributed by atoms with Gasteiger partial charge in [0.1, 0.15) is 10.8 Å². The third-order valence-electron chi connectivity index (χ3n) is 3.19. The second-order valence-electron chi connectivity index (χ2n) is 4.76. The molecule has 6 heteroatoms. The number of halogens is 1. The van der Waals surface area contributed by atoms with Crippen LogP contribution >= 0.6 is 11.6 Å². The van der Waals surface area contributed by atoms with Crippen molar-refractivity contribution < 1.29 is 9.53 Å². The molecule has 0 bridgehead atoms. The number of aromatic nitrogens is 2. The summed E-state index contributed by atoms with van der Waals surface area (Å²) in [5.41, 5.74) is 0.281. The van der Waals surface area contributed by atoms with Gasteiger partial charge in [0.05, 0.1) is 6.20 Å². The van der Waals surface area contributed by atoms with E-state index in [1.54, 1.807) is 6.20 Å². The van der Waals surface area contributed by atoms with Gasteiger partial charge in [0.25, 0.3) is 5.56 Å². The van der Waals surface area contributed by atoms with Gasteiger partial charge in [-0.2, -0.15) is 9.78 Å². The molecule has 0 amide bonds. The summed E-state index contributed by atoms with van der Waals surface area (Å²) in [6.45, 7) is 2.15.